The number of likely N-dealkylation sites (tertiary alicyclic amines) is 1. The number of aliphatic carboxylic acids is 1. The molecule has 3 atom stereocenters. The lowest BCUT2D eigenvalue weighted by Crippen LogP contribution is -2.56. The fraction of sp³-hybridized carbons (Fsp3) is 0.474. The van der Waals surface area contributed by atoms with Crippen molar-refractivity contribution < 1.29 is 29.0 Å². The molecule has 1 aliphatic heterocycles. The van der Waals surface area contributed by atoms with Gasteiger partial charge in [-0.15, -0.1) is 0 Å². The average molecular weight is 391 g/mol. The highest BCUT2D eigenvalue weighted by atomic mass is 16.6. The van der Waals surface area contributed by atoms with Crippen molar-refractivity contribution in [2.45, 2.75) is 51.4 Å². The van der Waals surface area contributed by atoms with E-state index in [1.54, 1.807) is 24.3 Å². The minimum atomic E-state index is -1.23. The van der Waals surface area contributed by atoms with Gasteiger partial charge in [0, 0.05) is 6.54 Å². The predicted octanol–water partition coefficient (Wildman–Crippen LogP) is 0.963. The second-order valence-corrected chi connectivity index (χ2v) is 6.74. The van der Waals surface area contributed by atoms with Crippen LogP contribution in [0.4, 0.5) is 4.79 Å². The molecule has 0 aliphatic carbocycles. The van der Waals surface area contributed by atoms with E-state index in [9.17, 15) is 24.3 Å². The van der Waals surface area contributed by atoms with E-state index in [2.05, 4.69) is 0 Å². The highest BCUT2D eigenvalue weighted by Gasteiger charge is 2.41. The van der Waals surface area contributed by atoms with Crippen LogP contribution in [0.25, 0.3) is 0 Å². The summed E-state index contributed by atoms with van der Waals surface area (Å²) in [4.78, 5) is 51.1. The zero-order chi connectivity index (χ0) is 20.8. The Morgan fingerprint density at radius 3 is 2.46 bits per heavy atom. The molecule has 152 valence electrons. The molecule has 1 aliphatic rings. The van der Waals surface area contributed by atoms with E-state index in [0.717, 1.165) is 0 Å². The predicted molar refractivity (Wildman–Crippen MR) is 99.0 cm³/mol. The van der Waals surface area contributed by atoms with Crippen LogP contribution in [0.15, 0.2) is 30.3 Å². The smallest absolute Gasteiger partial charge is 0.417 e. The molecule has 0 saturated carbocycles. The molecular weight excluding hydrogens is 366 g/mol. The Morgan fingerprint density at radius 2 is 1.89 bits per heavy atom. The molecule has 9 nitrogen and oxygen atoms in total. The van der Waals surface area contributed by atoms with E-state index < -0.39 is 42.0 Å². The van der Waals surface area contributed by atoms with E-state index in [4.69, 9.17) is 10.5 Å². The summed E-state index contributed by atoms with van der Waals surface area (Å²) in [5, 5.41) is 9.28. The molecule has 0 radical (unpaired) electrons. The molecule has 0 unspecified atom stereocenters. The number of carboxylic acid groups (broad SMARTS) is 1. The lowest BCUT2D eigenvalue weighted by molar-refractivity contribution is -0.151. The van der Waals surface area contributed by atoms with Crippen LogP contribution in [-0.2, 0) is 25.7 Å². The molecule has 2 rings (SSSR count). The Balaban J connectivity index is 2.17. The first-order chi connectivity index (χ1) is 13.2. The van der Waals surface area contributed by atoms with Gasteiger partial charge >= 0.3 is 12.1 Å². The first kappa shape index (κ1) is 21.4. The van der Waals surface area contributed by atoms with Gasteiger partial charge in [-0.05, 0) is 32.3 Å². The Kier molecular flexibility index (Phi) is 7.11. The van der Waals surface area contributed by atoms with Gasteiger partial charge in [-0.1, -0.05) is 30.3 Å². The number of imide groups is 1. The first-order valence-electron chi connectivity index (χ1n) is 9.06. The summed E-state index contributed by atoms with van der Waals surface area (Å²) in [7, 11) is 0. The van der Waals surface area contributed by atoms with E-state index >= 15 is 0 Å². The molecule has 0 aromatic heterocycles. The molecule has 0 spiro atoms. The molecule has 3 N–H and O–H groups in total. The van der Waals surface area contributed by atoms with Crippen LogP contribution in [0.2, 0.25) is 0 Å². The average Bonchev–Trinajstić information content (AvgIpc) is 3.16. The number of ether oxygens (including phenoxy) is 1. The Morgan fingerprint density at radius 1 is 1.25 bits per heavy atom. The monoisotopic (exact) mass is 391 g/mol. The number of hydrogen-bond acceptors (Lipinski definition) is 6. The van der Waals surface area contributed by atoms with Crippen LogP contribution < -0.4 is 5.73 Å². The molecule has 3 amide bonds. The molecule has 0 bridgehead atoms. The van der Waals surface area contributed by atoms with Crippen LogP contribution in [0.3, 0.4) is 0 Å². The lowest BCUT2D eigenvalue weighted by atomic mass is 10.2. The van der Waals surface area contributed by atoms with Gasteiger partial charge in [-0.25, -0.2) is 14.5 Å². The summed E-state index contributed by atoms with van der Waals surface area (Å²) in [6.07, 6.45) is -0.138. The highest BCUT2D eigenvalue weighted by Crippen LogP contribution is 2.20. The van der Waals surface area contributed by atoms with Crippen molar-refractivity contribution >= 4 is 23.9 Å². The zero-order valence-electron chi connectivity index (χ0n) is 15.9. The third-order valence-electron chi connectivity index (χ3n) is 4.59. The van der Waals surface area contributed by atoms with Crippen LogP contribution in [0.1, 0.15) is 32.3 Å². The standard InChI is InChI=1S/C19H25N3O6/c1-12(20)16(23)22(19(27)28-11-14-7-4-3-5-8-14)13(2)17(24)21-10-6-9-15(21)18(25)26/h3-5,7-8,12-13,15H,6,9-11,20H2,1-2H3,(H,25,26)/t12-,13-,15-/m0/s1. The number of benzene rings is 1. The number of nitrogens with two attached hydrogens (primary N) is 1. The van der Waals surface area contributed by atoms with Crippen molar-refractivity contribution in [2.24, 2.45) is 5.73 Å². The number of hydrogen-bond donors (Lipinski definition) is 2. The van der Waals surface area contributed by atoms with Gasteiger partial charge in [0.15, 0.2) is 0 Å². The second-order valence-electron chi connectivity index (χ2n) is 6.74. The number of nitrogens with zero attached hydrogens (tertiary/aromatic N) is 2. The molecule has 1 heterocycles. The van der Waals surface area contributed by atoms with Gasteiger partial charge in [-0.2, -0.15) is 0 Å². The summed E-state index contributed by atoms with van der Waals surface area (Å²) >= 11 is 0. The van der Waals surface area contributed by atoms with Crippen LogP contribution in [0.5, 0.6) is 0 Å². The van der Waals surface area contributed by atoms with Crippen LogP contribution >= 0.6 is 0 Å². The lowest BCUT2D eigenvalue weighted by Gasteiger charge is -2.31. The maximum absolute atomic E-state index is 12.8. The molecule has 9 heteroatoms. The van der Waals surface area contributed by atoms with E-state index in [-0.39, 0.29) is 13.2 Å². The zero-order valence-corrected chi connectivity index (χ0v) is 15.9. The van der Waals surface area contributed by atoms with Gasteiger partial charge < -0.3 is 20.5 Å². The third kappa shape index (κ3) is 4.86. The topological polar surface area (TPSA) is 130 Å². The summed E-state index contributed by atoms with van der Waals surface area (Å²) in [6.45, 7) is 2.93. The molecule has 28 heavy (non-hydrogen) atoms. The summed E-state index contributed by atoms with van der Waals surface area (Å²) in [5.41, 5.74) is 6.35. The Hall–Kier alpha value is -2.94. The number of carbonyl (C=O) groups is 4. The second kappa shape index (κ2) is 9.32. The molecule has 1 saturated heterocycles. The molecule has 1 aromatic rings. The molecular formula is C19H25N3O6. The first-order valence-corrected chi connectivity index (χ1v) is 9.06. The quantitative estimate of drug-likeness (QED) is 0.738. The van der Waals surface area contributed by atoms with E-state index in [1.165, 1.54) is 18.7 Å². The van der Waals surface area contributed by atoms with Crippen molar-refractivity contribution in [1.29, 1.82) is 0 Å². The van der Waals surface area contributed by atoms with Gasteiger partial charge in [0.05, 0.1) is 6.04 Å². The maximum Gasteiger partial charge on any atom is 0.417 e. The van der Waals surface area contributed by atoms with Crippen molar-refractivity contribution in [3.05, 3.63) is 35.9 Å². The van der Waals surface area contributed by atoms with Crippen molar-refractivity contribution in [1.82, 2.24) is 9.80 Å². The van der Waals surface area contributed by atoms with Crippen LogP contribution in [0, 0.1) is 0 Å². The summed E-state index contributed by atoms with van der Waals surface area (Å²) in [6, 6.07) is 5.63. The minimum absolute atomic E-state index is 0.0786. The van der Waals surface area contributed by atoms with Gasteiger partial charge in [0.25, 0.3) is 0 Å². The number of rotatable bonds is 6. The summed E-state index contributed by atoms with van der Waals surface area (Å²) in [5.74, 6) is -2.52. The maximum atomic E-state index is 12.8. The van der Waals surface area contributed by atoms with Gasteiger partial charge in [0.1, 0.15) is 18.7 Å². The molecule has 1 aromatic carbocycles. The van der Waals surface area contributed by atoms with Gasteiger partial charge in [-0.3, -0.25) is 9.59 Å². The van der Waals surface area contributed by atoms with Crippen molar-refractivity contribution in [3.8, 4) is 0 Å². The fourth-order valence-corrected chi connectivity index (χ4v) is 3.08. The van der Waals surface area contributed by atoms with Gasteiger partial charge in [0.2, 0.25) is 11.8 Å². The van der Waals surface area contributed by atoms with E-state index in [0.29, 0.717) is 23.3 Å². The SMILES string of the molecule is C[C@H](N)C(=O)N(C(=O)OCc1ccccc1)[C@@H](C)C(=O)N1CCC[C@H]1C(=O)O. The normalized spacial score (nSPS) is 18.2. The fourth-order valence-electron chi connectivity index (χ4n) is 3.08. The number of carbonyl (C=O) groups excluding carboxylic acids is 3. The third-order valence-corrected chi connectivity index (χ3v) is 4.59. The van der Waals surface area contributed by atoms with Crippen molar-refractivity contribution in [3.63, 3.8) is 0 Å². The largest absolute Gasteiger partial charge is 0.480 e. The number of carboxylic acids is 1. The van der Waals surface area contributed by atoms with E-state index in [1.807, 2.05) is 6.07 Å². The Bertz CT molecular complexity index is 736. The highest BCUT2D eigenvalue weighted by molar-refractivity contribution is 6.00. The minimum Gasteiger partial charge on any atom is -0.480 e. The number of amides is 3. The Labute approximate surface area is 163 Å². The summed E-state index contributed by atoms with van der Waals surface area (Å²) < 4.78 is 5.19. The van der Waals surface area contributed by atoms with Crippen LogP contribution in [-0.4, -0.2) is 63.5 Å². The molecule has 1 fully saturated rings. The van der Waals surface area contributed by atoms with Crippen molar-refractivity contribution in [2.75, 3.05) is 6.54 Å².